The van der Waals surface area contributed by atoms with Gasteiger partial charge in [0.05, 0.1) is 5.75 Å². The zero-order chi connectivity index (χ0) is 23.9. The summed E-state index contributed by atoms with van der Waals surface area (Å²) in [7, 11) is 0. The molecule has 1 aromatic heterocycles. The van der Waals surface area contributed by atoms with Gasteiger partial charge < -0.3 is 15.2 Å². The van der Waals surface area contributed by atoms with E-state index in [9.17, 15) is 9.59 Å². The van der Waals surface area contributed by atoms with Crippen LogP contribution in [0.4, 0.5) is 0 Å². The van der Waals surface area contributed by atoms with Gasteiger partial charge >= 0.3 is 0 Å². The minimum atomic E-state index is -0.0655. The quantitative estimate of drug-likeness (QED) is 0.334. The Morgan fingerprint density at radius 1 is 0.882 bits per heavy atom. The lowest BCUT2D eigenvalue weighted by Gasteiger charge is -2.09. The molecule has 0 bridgehead atoms. The third kappa shape index (κ3) is 5.88. The number of aryl methyl sites for hydroxylation is 2. The molecule has 0 fully saturated rings. The molecule has 3 aromatic carbocycles. The molecular weight excluding hydrogens is 442 g/mol. The summed E-state index contributed by atoms with van der Waals surface area (Å²) in [5.41, 5.74) is 5.14. The van der Waals surface area contributed by atoms with Gasteiger partial charge in [0.25, 0.3) is 5.91 Å². The van der Waals surface area contributed by atoms with Crippen molar-refractivity contribution in [3.63, 3.8) is 0 Å². The number of benzene rings is 3. The van der Waals surface area contributed by atoms with E-state index in [1.54, 1.807) is 0 Å². The second kappa shape index (κ2) is 11.1. The lowest BCUT2D eigenvalue weighted by atomic mass is 10.1. The van der Waals surface area contributed by atoms with E-state index in [0.717, 1.165) is 26.9 Å². The molecule has 0 unspecified atom stereocenters. The topological polar surface area (TPSA) is 63.1 Å². The van der Waals surface area contributed by atoms with Gasteiger partial charge in [0, 0.05) is 47.2 Å². The van der Waals surface area contributed by atoms with E-state index in [-0.39, 0.29) is 11.8 Å². The third-order valence-electron chi connectivity index (χ3n) is 5.85. The molecule has 0 radical (unpaired) electrons. The summed E-state index contributed by atoms with van der Waals surface area (Å²) in [5.74, 6) is 0.292. The molecule has 6 heteroatoms. The molecule has 5 nitrogen and oxygen atoms in total. The fraction of sp³-hybridized carbons (Fsp3) is 0.214. The maximum absolute atomic E-state index is 12.5. The number of nitrogens with one attached hydrogen (secondary N) is 2. The van der Waals surface area contributed by atoms with E-state index in [1.807, 2.05) is 74.5 Å². The van der Waals surface area contributed by atoms with E-state index in [4.69, 9.17) is 0 Å². The van der Waals surface area contributed by atoms with Crippen LogP contribution in [-0.2, 0) is 17.9 Å². The number of aromatic nitrogens is 1. The Balaban J connectivity index is 1.35. The average Bonchev–Trinajstić information content (AvgIpc) is 3.21. The van der Waals surface area contributed by atoms with Crippen LogP contribution < -0.4 is 10.6 Å². The van der Waals surface area contributed by atoms with Gasteiger partial charge in [0.15, 0.2) is 0 Å². The summed E-state index contributed by atoms with van der Waals surface area (Å²) in [5, 5.41) is 7.11. The Hall–Kier alpha value is -3.51. The molecule has 2 amide bonds. The molecule has 2 N–H and O–H groups in total. The number of carbonyl (C=O) groups excluding carboxylic acids is 2. The minimum absolute atomic E-state index is 0.00587. The van der Waals surface area contributed by atoms with Crippen LogP contribution in [0.5, 0.6) is 0 Å². The van der Waals surface area contributed by atoms with E-state index in [2.05, 4.69) is 33.5 Å². The van der Waals surface area contributed by atoms with E-state index in [0.29, 0.717) is 31.0 Å². The van der Waals surface area contributed by atoms with Crippen molar-refractivity contribution in [2.75, 3.05) is 12.3 Å². The first-order valence-corrected chi connectivity index (χ1v) is 12.4. The number of thioether (sulfide) groups is 1. The number of amides is 2. The van der Waals surface area contributed by atoms with E-state index >= 15 is 0 Å². The van der Waals surface area contributed by atoms with Crippen molar-refractivity contribution in [3.8, 4) is 0 Å². The zero-order valence-corrected chi connectivity index (χ0v) is 20.3. The first kappa shape index (κ1) is 23.6. The monoisotopic (exact) mass is 471 g/mol. The molecule has 174 valence electrons. The van der Waals surface area contributed by atoms with Crippen molar-refractivity contribution < 1.29 is 9.59 Å². The smallest absolute Gasteiger partial charge is 0.251 e. The van der Waals surface area contributed by atoms with E-state index < -0.39 is 0 Å². The molecule has 0 aliphatic carbocycles. The van der Waals surface area contributed by atoms with Crippen LogP contribution in [0, 0.1) is 13.8 Å². The van der Waals surface area contributed by atoms with Crippen molar-refractivity contribution in [2.45, 2.75) is 31.8 Å². The average molecular weight is 472 g/mol. The Bertz CT molecular complexity index is 1300. The number of fused-ring (bicyclic) bond motifs is 1. The number of hydrogen-bond donors (Lipinski definition) is 2. The van der Waals surface area contributed by atoms with Gasteiger partial charge in [0.1, 0.15) is 0 Å². The Morgan fingerprint density at radius 2 is 1.65 bits per heavy atom. The van der Waals surface area contributed by atoms with Crippen molar-refractivity contribution >= 4 is 34.5 Å². The second-order valence-corrected chi connectivity index (χ2v) is 9.33. The second-order valence-electron chi connectivity index (χ2n) is 8.31. The maximum Gasteiger partial charge on any atom is 0.251 e. The molecule has 34 heavy (non-hydrogen) atoms. The standard InChI is InChI=1S/C28H29N3O2S/c1-20-12-13-23(16-21(20)2)28(33)29-14-15-31-18-26(24-10-6-7-11-25(24)31)34-19-27(32)30-17-22-8-4-3-5-9-22/h3-13,16,18H,14-15,17,19H2,1-2H3,(H,29,33)(H,30,32). The predicted octanol–water partition coefficient (Wildman–Crippen LogP) is 5.10. The van der Waals surface area contributed by atoms with Gasteiger partial charge in [-0.3, -0.25) is 9.59 Å². The van der Waals surface area contributed by atoms with Crippen LogP contribution in [0.15, 0.2) is 83.9 Å². The minimum Gasteiger partial charge on any atom is -0.351 e. The lowest BCUT2D eigenvalue weighted by Crippen LogP contribution is -2.27. The molecule has 0 atom stereocenters. The van der Waals surface area contributed by atoms with Crippen LogP contribution in [0.1, 0.15) is 27.0 Å². The van der Waals surface area contributed by atoms with Crippen LogP contribution in [0.3, 0.4) is 0 Å². The fourth-order valence-corrected chi connectivity index (χ4v) is 4.70. The SMILES string of the molecule is Cc1ccc(C(=O)NCCn2cc(SCC(=O)NCc3ccccc3)c3ccccc32)cc1C. The molecule has 0 aliphatic rings. The van der Waals surface area contributed by atoms with Crippen LogP contribution in [0.2, 0.25) is 0 Å². The van der Waals surface area contributed by atoms with Gasteiger partial charge in [-0.1, -0.05) is 54.6 Å². The highest BCUT2D eigenvalue weighted by Crippen LogP contribution is 2.29. The first-order valence-electron chi connectivity index (χ1n) is 11.4. The van der Waals surface area contributed by atoms with Crippen molar-refractivity contribution in [2.24, 2.45) is 0 Å². The lowest BCUT2D eigenvalue weighted by molar-refractivity contribution is -0.118. The van der Waals surface area contributed by atoms with Crippen molar-refractivity contribution in [1.29, 1.82) is 0 Å². The van der Waals surface area contributed by atoms with Gasteiger partial charge in [-0.05, 0) is 48.7 Å². The van der Waals surface area contributed by atoms with Gasteiger partial charge in [-0.2, -0.15) is 0 Å². The Labute approximate surface area is 204 Å². The van der Waals surface area contributed by atoms with E-state index in [1.165, 1.54) is 17.3 Å². The molecule has 0 saturated heterocycles. The number of carbonyl (C=O) groups is 2. The highest BCUT2D eigenvalue weighted by molar-refractivity contribution is 8.00. The molecule has 0 spiro atoms. The number of hydrogen-bond acceptors (Lipinski definition) is 3. The molecule has 0 aliphatic heterocycles. The summed E-state index contributed by atoms with van der Waals surface area (Å²) in [6.07, 6.45) is 2.07. The predicted molar refractivity (Wildman–Crippen MR) is 139 cm³/mol. The summed E-state index contributed by atoms with van der Waals surface area (Å²) in [6, 6.07) is 23.8. The van der Waals surface area contributed by atoms with Crippen molar-refractivity contribution in [3.05, 3.63) is 101 Å². The highest BCUT2D eigenvalue weighted by Gasteiger charge is 2.12. The van der Waals surface area contributed by atoms with Crippen LogP contribution in [-0.4, -0.2) is 28.7 Å². The third-order valence-corrected chi connectivity index (χ3v) is 6.89. The zero-order valence-electron chi connectivity index (χ0n) is 19.5. The number of nitrogens with zero attached hydrogens (tertiary/aromatic N) is 1. The summed E-state index contributed by atoms with van der Waals surface area (Å²) in [4.78, 5) is 26.0. The molecule has 4 aromatic rings. The van der Waals surface area contributed by atoms with Gasteiger partial charge in [-0.15, -0.1) is 11.8 Å². The Kier molecular flexibility index (Phi) is 7.70. The summed E-state index contributed by atoms with van der Waals surface area (Å²) >= 11 is 1.53. The molecule has 4 rings (SSSR count). The molecule has 0 saturated carbocycles. The fourth-order valence-electron chi connectivity index (χ4n) is 3.78. The Morgan fingerprint density at radius 3 is 2.44 bits per heavy atom. The normalized spacial score (nSPS) is 10.9. The molecule has 1 heterocycles. The van der Waals surface area contributed by atoms with Crippen LogP contribution >= 0.6 is 11.8 Å². The summed E-state index contributed by atoms with van der Waals surface area (Å²) < 4.78 is 2.14. The van der Waals surface area contributed by atoms with Gasteiger partial charge in [-0.25, -0.2) is 0 Å². The highest BCUT2D eigenvalue weighted by atomic mass is 32.2. The largest absolute Gasteiger partial charge is 0.351 e. The first-order chi connectivity index (χ1) is 16.5. The van der Waals surface area contributed by atoms with Gasteiger partial charge in [0.2, 0.25) is 5.91 Å². The summed E-state index contributed by atoms with van der Waals surface area (Å²) in [6.45, 7) is 5.75. The van der Waals surface area contributed by atoms with Crippen molar-refractivity contribution in [1.82, 2.24) is 15.2 Å². The maximum atomic E-state index is 12.5. The molecular formula is C28H29N3O2S. The number of para-hydroxylation sites is 1. The van der Waals surface area contributed by atoms with Crippen LogP contribution in [0.25, 0.3) is 10.9 Å². The number of rotatable bonds is 9.